The van der Waals surface area contributed by atoms with E-state index < -0.39 is 68.7 Å². The molecular formula is C14H10F4O5. The minimum absolute atomic E-state index is 0.379. The minimum atomic E-state index is -1.95. The zero-order valence-corrected chi connectivity index (χ0v) is 11.5. The maximum atomic E-state index is 14.1. The van der Waals surface area contributed by atoms with Gasteiger partial charge in [0.05, 0.1) is 11.1 Å². The molecule has 0 atom stereocenters. The third kappa shape index (κ3) is 2.16. The Bertz CT molecular complexity index is 762. The highest BCUT2D eigenvalue weighted by Crippen LogP contribution is 2.55. The molecule has 5 N–H and O–H groups in total. The van der Waals surface area contributed by atoms with E-state index in [0.717, 1.165) is 0 Å². The van der Waals surface area contributed by atoms with Crippen molar-refractivity contribution in [2.24, 2.45) is 0 Å². The van der Waals surface area contributed by atoms with Crippen molar-refractivity contribution in [2.75, 3.05) is 0 Å². The molecule has 124 valence electrons. The summed E-state index contributed by atoms with van der Waals surface area (Å²) in [6.07, 6.45) is -0.379. The second-order valence-electron chi connectivity index (χ2n) is 4.58. The van der Waals surface area contributed by atoms with Crippen LogP contribution in [0.15, 0.2) is 0 Å². The summed E-state index contributed by atoms with van der Waals surface area (Å²) in [5, 5.41) is 47.2. The molecule has 0 aliphatic rings. The molecular weight excluding hydrogens is 324 g/mol. The number of phenols is 5. The van der Waals surface area contributed by atoms with Crippen LogP contribution in [0.2, 0.25) is 0 Å². The molecule has 0 unspecified atom stereocenters. The lowest BCUT2D eigenvalue weighted by atomic mass is 9.97. The molecule has 0 saturated heterocycles. The molecule has 0 radical (unpaired) electrons. The summed E-state index contributed by atoms with van der Waals surface area (Å²) in [6.45, 7) is 1.24. The van der Waals surface area contributed by atoms with E-state index in [-0.39, 0.29) is 6.42 Å². The average Bonchev–Trinajstić information content (AvgIpc) is 2.53. The van der Waals surface area contributed by atoms with E-state index in [9.17, 15) is 43.1 Å². The van der Waals surface area contributed by atoms with Crippen LogP contribution in [0.5, 0.6) is 28.7 Å². The van der Waals surface area contributed by atoms with Crippen molar-refractivity contribution in [3.05, 3.63) is 28.8 Å². The maximum Gasteiger partial charge on any atom is 0.208 e. The number of rotatable bonds is 2. The van der Waals surface area contributed by atoms with Gasteiger partial charge in [0.25, 0.3) is 0 Å². The summed E-state index contributed by atoms with van der Waals surface area (Å²) >= 11 is 0. The van der Waals surface area contributed by atoms with Gasteiger partial charge in [0.15, 0.2) is 34.8 Å². The lowest BCUT2D eigenvalue weighted by molar-refractivity contribution is 0.329. The van der Waals surface area contributed by atoms with E-state index in [4.69, 9.17) is 0 Å². The summed E-state index contributed by atoms with van der Waals surface area (Å²) in [7, 11) is 0. The molecule has 23 heavy (non-hydrogen) atoms. The largest absolute Gasteiger partial charge is 0.504 e. The maximum absolute atomic E-state index is 14.1. The first-order valence-electron chi connectivity index (χ1n) is 6.18. The highest BCUT2D eigenvalue weighted by molar-refractivity contribution is 5.85. The van der Waals surface area contributed by atoms with E-state index in [1.54, 1.807) is 0 Å². The summed E-state index contributed by atoms with van der Waals surface area (Å²) in [5.74, 6) is -14.6. The number of benzene rings is 2. The van der Waals surface area contributed by atoms with Gasteiger partial charge in [-0.25, -0.2) is 17.6 Å². The average molecular weight is 334 g/mol. The summed E-state index contributed by atoms with van der Waals surface area (Å²) in [6, 6.07) is 0. The van der Waals surface area contributed by atoms with E-state index >= 15 is 0 Å². The topological polar surface area (TPSA) is 101 Å². The molecule has 2 aromatic carbocycles. The fourth-order valence-corrected chi connectivity index (χ4v) is 2.13. The van der Waals surface area contributed by atoms with Crippen LogP contribution in [-0.4, -0.2) is 25.5 Å². The molecule has 9 heteroatoms. The molecule has 0 saturated carbocycles. The van der Waals surface area contributed by atoms with Crippen molar-refractivity contribution >= 4 is 0 Å². The van der Waals surface area contributed by atoms with Crippen LogP contribution in [0, 0.1) is 23.3 Å². The molecule has 2 rings (SSSR count). The van der Waals surface area contributed by atoms with Gasteiger partial charge in [-0.05, 0) is 6.42 Å². The normalized spacial score (nSPS) is 11.0. The fraction of sp³-hybridized carbons (Fsp3) is 0.143. The van der Waals surface area contributed by atoms with Gasteiger partial charge >= 0.3 is 0 Å². The molecule has 5 nitrogen and oxygen atoms in total. The summed E-state index contributed by atoms with van der Waals surface area (Å²) in [5.41, 5.74) is -3.75. The molecule has 0 aromatic heterocycles. The van der Waals surface area contributed by atoms with Crippen LogP contribution >= 0.6 is 0 Å². The smallest absolute Gasteiger partial charge is 0.208 e. The molecule has 0 spiro atoms. The van der Waals surface area contributed by atoms with Crippen LogP contribution in [0.1, 0.15) is 12.5 Å². The SMILES string of the molecule is CCc1c(F)c(F)c(-c2c(O)c(O)c(O)c(O)c2O)c(F)c1F. The number of hydrogen-bond acceptors (Lipinski definition) is 5. The lowest BCUT2D eigenvalue weighted by Gasteiger charge is -2.15. The fourth-order valence-electron chi connectivity index (χ4n) is 2.13. The van der Waals surface area contributed by atoms with Crippen molar-refractivity contribution < 1.29 is 43.1 Å². The molecule has 0 amide bonds. The lowest BCUT2D eigenvalue weighted by Crippen LogP contribution is -2.05. The Hall–Kier alpha value is -2.84. The quantitative estimate of drug-likeness (QED) is 0.252. The number of halogens is 4. The van der Waals surface area contributed by atoms with Crippen LogP contribution < -0.4 is 0 Å². The number of hydrogen-bond donors (Lipinski definition) is 5. The van der Waals surface area contributed by atoms with Crippen LogP contribution in [0.4, 0.5) is 17.6 Å². The van der Waals surface area contributed by atoms with Crippen LogP contribution in [0.3, 0.4) is 0 Å². The predicted octanol–water partition coefficient (Wildman–Crippen LogP) is 3.00. The third-order valence-corrected chi connectivity index (χ3v) is 3.33. The highest BCUT2D eigenvalue weighted by Gasteiger charge is 2.32. The van der Waals surface area contributed by atoms with Gasteiger partial charge in [-0.15, -0.1) is 0 Å². The number of phenolic OH excluding ortho intramolecular Hbond substituents is 5. The Morgan fingerprint density at radius 1 is 0.565 bits per heavy atom. The predicted molar refractivity (Wildman–Crippen MR) is 69.4 cm³/mol. The van der Waals surface area contributed by atoms with Crippen molar-refractivity contribution in [3.63, 3.8) is 0 Å². The molecule has 0 aliphatic carbocycles. The first-order valence-corrected chi connectivity index (χ1v) is 6.18. The van der Waals surface area contributed by atoms with Gasteiger partial charge in [0.1, 0.15) is 0 Å². The Labute approximate surface area is 126 Å². The third-order valence-electron chi connectivity index (χ3n) is 3.33. The Morgan fingerprint density at radius 3 is 1.26 bits per heavy atom. The van der Waals surface area contributed by atoms with Crippen molar-refractivity contribution in [2.45, 2.75) is 13.3 Å². The van der Waals surface area contributed by atoms with E-state index in [2.05, 4.69) is 0 Å². The Kier molecular flexibility index (Phi) is 3.89. The monoisotopic (exact) mass is 334 g/mol. The van der Waals surface area contributed by atoms with Gasteiger partial charge < -0.3 is 25.5 Å². The van der Waals surface area contributed by atoms with Gasteiger partial charge in [-0.3, -0.25) is 0 Å². The van der Waals surface area contributed by atoms with Crippen molar-refractivity contribution in [3.8, 4) is 39.9 Å². The van der Waals surface area contributed by atoms with E-state index in [0.29, 0.717) is 0 Å². The van der Waals surface area contributed by atoms with Crippen LogP contribution in [-0.2, 0) is 6.42 Å². The molecule has 0 heterocycles. The second kappa shape index (κ2) is 5.41. The van der Waals surface area contributed by atoms with E-state index in [1.165, 1.54) is 6.92 Å². The highest BCUT2D eigenvalue weighted by atomic mass is 19.2. The van der Waals surface area contributed by atoms with Crippen molar-refractivity contribution in [1.82, 2.24) is 0 Å². The van der Waals surface area contributed by atoms with Crippen molar-refractivity contribution in [1.29, 1.82) is 0 Å². The molecule has 0 fully saturated rings. The first-order chi connectivity index (χ1) is 10.6. The Morgan fingerprint density at radius 2 is 0.913 bits per heavy atom. The van der Waals surface area contributed by atoms with Gasteiger partial charge in [0, 0.05) is 5.56 Å². The molecule has 0 bridgehead atoms. The summed E-state index contributed by atoms with van der Waals surface area (Å²) in [4.78, 5) is 0. The molecule has 2 aromatic rings. The second-order valence-corrected chi connectivity index (χ2v) is 4.58. The molecule has 0 aliphatic heterocycles. The first kappa shape index (κ1) is 16.5. The zero-order valence-electron chi connectivity index (χ0n) is 11.5. The zero-order chi connectivity index (χ0) is 17.6. The van der Waals surface area contributed by atoms with Gasteiger partial charge in [-0.1, -0.05) is 6.92 Å². The van der Waals surface area contributed by atoms with E-state index in [1.807, 2.05) is 0 Å². The van der Waals surface area contributed by atoms with Crippen LogP contribution in [0.25, 0.3) is 11.1 Å². The number of aromatic hydroxyl groups is 5. The Balaban J connectivity index is 3.01. The summed E-state index contributed by atoms with van der Waals surface area (Å²) < 4.78 is 55.8. The minimum Gasteiger partial charge on any atom is -0.504 e. The van der Waals surface area contributed by atoms with Gasteiger partial charge in [0.2, 0.25) is 17.2 Å². The standard InChI is InChI=1S/C14H10F4O5/c1-2-3-6(15)8(17)4(9(18)7(3)16)5-10(19)12(21)14(23)13(22)11(5)20/h19-23H,2H2,1H3. The van der Waals surface area contributed by atoms with Gasteiger partial charge in [-0.2, -0.15) is 0 Å².